The molecule has 1 aromatic rings. The van der Waals surface area contributed by atoms with Crippen molar-refractivity contribution in [1.29, 1.82) is 0 Å². The monoisotopic (exact) mass is 655 g/mol. The summed E-state index contributed by atoms with van der Waals surface area (Å²) in [4.78, 5) is 44.8. The summed E-state index contributed by atoms with van der Waals surface area (Å²) in [6, 6.07) is 8.94. The van der Waals surface area contributed by atoms with Crippen molar-refractivity contribution in [3.8, 4) is 0 Å². The summed E-state index contributed by atoms with van der Waals surface area (Å²) in [6.07, 6.45) is 24.3. The molecule has 4 amide bonds. The van der Waals surface area contributed by atoms with E-state index >= 15 is 0 Å². The Morgan fingerprint density at radius 3 is 2.25 bits per heavy atom. The maximum absolute atomic E-state index is 14.7. The summed E-state index contributed by atoms with van der Waals surface area (Å²) in [5.41, 5.74) is 2.19. The molecule has 6 aliphatic rings. The van der Waals surface area contributed by atoms with E-state index in [0.29, 0.717) is 23.7 Å². The van der Waals surface area contributed by atoms with Gasteiger partial charge in [-0.25, -0.2) is 4.79 Å². The Bertz CT molecular complexity index is 1350. The van der Waals surface area contributed by atoms with Gasteiger partial charge in [-0.1, -0.05) is 102 Å². The molecule has 0 bridgehead atoms. The van der Waals surface area contributed by atoms with Crippen LogP contribution in [0.4, 0.5) is 4.79 Å². The normalized spacial score (nSPS) is 34.5. The number of fused-ring (bicyclic) bond motifs is 5. The van der Waals surface area contributed by atoms with Gasteiger partial charge in [-0.15, -0.1) is 0 Å². The number of rotatable bonds is 7. The second kappa shape index (κ2) is 14.3. The second-order valence-electron chi connectivity index (χ2n) is 17.2. The van der Waals surface area contributed by atoms with E-state index in [0.717, 1.165) is 93.6 Å². The molecule has 0 radical (unpaired) electrons. The first-order chi connectivity index (χ1) is 23.3. The highest BCUT2D eigenvalue weighted by Crippen LogP contribution is 2.66. The van der Waals surface area contributed by atoms with E-state index in [1.807, 2.05) is 30.3 Å². The zero-order valence-electron chi connectivity index (χ0n) is 29.8. The molecule has 0 aliphatic heterocycles. The van der Waals surface area contributed by atoms with Crippen LogP contribution in [0.15, 0.2) is 42.0 Å². The highest BCUT2D eigenvalue weighted by molar-refractivity contribution is 6.02. The predicted molar refractivity (Wildman–Crippen MR) is 191 cm³/mol. The largest absolute Gasteiger partial charge is 0.340 e. The van der Waals surface area contributed by atoms with Gasteiger partial charge < -0.3 is 10.6 Å². The quantitative estimate of drug-likeness (QED) is 0.308. The summed E-state index contributed by atoms with van der Waals surface area (Å²) in [5.74, 6) is 2.48. The molecule has 0 heterocycles. The van der Waals surface area contributed by atoms with Crippen LogP contribution >= 0.6 is 0 Å². The minimum absolute atomic E-state index is 0.0958. The molecule has 6 nitrogen and oxygen atoms in total. The second-order valence-corrected chi connectivity index (χ2v) is 17.2. The maximum Gasteiger partial charge on any atom is 0.324 e. The van der Waals surface area contributed by atoms with Crippen LogP contribution in [-0.4, -0.2) is 40.9 Å². The van der Waals surface area contributed by atoms with Crippen molar-refractivity contribution in [2.24, 2.45) is 34.5 Å². The van der Waals surface area contributed by atoms with Gasteiger partial charge in [0.2, 0.25) is 5.91 Å². The van der Waals surface area contributed by atoms with Gasteiger partial charge in [0.15, 0.2) is 0 Å². The number of hydrogen-bond acceptors (Lipinski definition) is 3. The van der Waals surface area contributed by atoms with Gasteiger partial charge in [0, 0.05) is 29.5 Å². The lowest BCUT2D eigenvalue weighted by atomic mass is 9.45. The zero-order chi connectivity index (χ0) is 33.3. The van der Waals surface area contributed by atoms with Crippen LogP contribution in [0.5, 0.6) is 0 Å². The molecule has 1 aromatic carbocycles. The van der Waals surface area contributed by atoms with Crippen LogP contribution in [0.25, 0.3) is 0 Å². The Hall–Kier alpha value is -2.63. The zero-order valence-corrected chi connectivity index (χ0v) is 29.8. The Morgan fingerprint density at radius 2 is 1.50 bits per heavy atom. The number of amides is 4. The Labute approximate surface area is 289 Å². The summed E-state index contributed by atoms with van der Waals surface area (Å²) in [7, 11) is 0. The number of carbonyl (C=O) groups excluding carboxylic acids is 3. The third-order valence-electron chi connectivity index (χ3n) is 14.6. The fourth-order valence-electron chi connectivity index (χ4n) is 11.9. The molecule has 0 unspecified atom stereocenters. The van der Waals surface area contributed by atoms with E-state index in [9.17, 15) is 14.4 Å². The molecule has 48 heavy (non-hydrogen) atoms. The number of urea groups is 1. The third kappa shape index (κ3) is 6.51. The van der Waals surface area contributed by atoms with Crippen LogP contribution in [-0.2, 0) is 16.0 Å². The number of nitrogens with zero attached hydrogens (tertiary/aromatic N) is 1. The molecule has 2 N–H and O–H groups in total. The minimum atomic E-state index is -0.796. The number of hydrogen-bond donors (Lipinski definition) is 2. The molecule has 262 valence electrons. The van der Waals surface area contributed by atoms with Gasteiger partial charge in [-0.3, -0.25) is 14.5 Å². The van der Waals surface area contributed by atoms with Crippen LogP contribution in [0, 0.1) is 34.5 Å². The van der Waals surface area contributed by atoms with Crippen molar-refractivity contribution in [2.45, 2.75) is 160 Å². The van der Waals surface area contributed by atoms with Crippen LogP contribution in [0.3, 0.4) is 0 Å². The third-order valence-corrected chi connectivity index (χ3v) is 14.6. The van der Waals surface area contributed by atoms with Crippen molar-refractivity contribution in [3.05, 3.63) is 47.5 Å². The molecule has 5 saturated carbocycles. The summed E-state index contributed by atoms with van der Waals surface area (Å²) in [5, 5.41) is 6.55. The molecule has 0 spiro atoms. The van der Waals surface area contributed by atoms with Crippen molar-refractivity contribution >= 4 is 17.8 Å². The summed E-state index contributed by atoms with van der Waals surface area (Å²) in [6.45, 7) is 4.95. The van der Waals surface area contributed by atoms with E-state index in [1.54, 1.807) is 4.90 Å². The van der Waals surface area contributed by atoms with E-state index in [1.165, 1.54) is 51.4 Å². The smallest absolute Gasteiger partial charge is 0.324 e. The molecule has 7 rings (SSSR count). The Balaban J connectivity index is 1.12. The van der Waals surface area contributed by atoms with Crippen molar-refractivity contribution in [1.82, 2.24) is 15.5 Å². The van der Waals surface area contributed by atoms with Crippen molar-refractivity contribution in [3.63, 3.8) is 0 Å². The van der Waals surface area contributed by atoms with Gasteiger partial charge in [0.05, 0.1) is 0 Å². The first kappa shape index (κ1) is 33.8. The fraction of sp³-hybridized carbons (Fsp3) is 0.738. The lowest BCUT2D eigenvalue weighted by molar-refractivity contribution is -0.136. The number of allylic oxidation sites excluding steroid dienone is 1. The SMILES string of the molecule is C[C@]12CCCC[C@@H]1CC[C@@H]1[C@@H]2CC[C@]2(C)C(C(=O)N[C@@H](Cc3ccccc3)C(=O)N(C(=O)NC3CCCCC3)C3CCCCC3)=CC[C@@H]12. The average molecular weight is 656 g/mol. The van der Waals surface area contributed by atoms with Crippen molar-refractivity contribution in [2.75, 3.05) is 0 Å². The first-order valence-electron chi connectivity index (χ1n) is 20.0. The topological polar surface area (TPSA) is 78.5 Å². The molecule has 6 aliphatic carbocycles. The molecule has 6 heteroatoms. The molecular formula is C42H61N3O3. The average Bonchev–Trinajstić information content (AvgIpc) is 3.46. The van der Waals surface area contributed by atoms with E-state index in [2.05, 4.69) is 30.6 Å². The van der Waals surface area contributed by atoms with Gasteiger partial charge in [-0.05, 0) is 105 Å². The number of benzene rings is 1. The lowest BCUT2D eigenvalue weighted by Gasteiger charge is -2.60. The van der Waals surface area contributed by atoms with Crippen LogP contribution < -0.4 is 10.6 Å². The Morgan fingerprint density at radius 1 is 0.792 bits per heavy atom. The minimum Gasteiger partial charge on any atom is -0.340 e. The van der Waals surface area contributed by atoms with E-state index < -0.39 is 6.04 Å². The molecule has 7 atom stereocenters. The molecular weight excluding hydrogens is 594 g/mol. The summed E-state index contributed by atoms with van der Waals surface area (Å²) >= 11 is 0. The van der Waals surface area contributed by atoms with Gasteiger partial charge in [-0.2, -0.15) is 0 Å². The number of carbonyl (C=O) groups is 3. The molecule has 0 aromatic heterocycles. The molecule has 5 fully saturated rings. The van der Waals surface area contributed by atoms with Gasteiger partial charge in [0.1, 0.15) is 6.04 Å². The molecule has 0 saturated heterocycles. The fourth-order valence-corrected chi connectivity index (χ4v) is 11.9. The summed E-state index contributed by atoms with van der Waals surface area (Å²) < 4.78 is 0. The highest BCUT2D eigenvalue weighted by Gasteiger charge is 2.59. The van der Waals surface area contributed by atoms with Gasteiger partial charge in [0.25, 0.3) is 5.91 Å². The van der Waals surface area contributed by atoms with Crippen LogP contribution in [0.2, 0.25) is 0 Å². The predicted octanol–water partition coefficient (Wildman–Crippen LogP) is 8.89. The van der Waals surface area contributed by atoms with Crippen LogP contribution in [0.1, 0.15) is 141 Å². The number of imide groups is 1. The lowest BCUT2D eigenvalue weighted by Crippen LogP contribution is -2.59. The highest BCUT2D eigenvalue weighted by atomic mass is 16.2. The van der Waals surface area contributed by atoms with Crippen molar-refractivity contribution < 1.29 is 14.4 Å². The van der Waals surface area contributed by atoms with Gasteiger partial charge >= 0.3 is 6.03 Å². The maximum atomic E-state index is 14.7. The standard InChI is InChI=1S/C42H61N3O3/c1-41-26-13-12-16-30(41)21-22-33-34-23-24-36(42(34,2)27-25-35(33)41)38(46)44-37(28-29-14-6-3-7-15-29)39(47)45(32-19-10-5-11-20-32)40(48)43-31-17-8-4-9-18-31/h3,6-7,14-15,24,30-35,37H,4-5,8-13,16-23,25-28H2,1-2H3,(H,43,48)(H,44,46)/t30-,33+,34+,35+,37+,41+,42+/m1/s1. The Kier molecular flexibility index (Phi) is 10.1. The van der Waals surface area contributed by atoms with E-state index in [-0.39, 0.29) is 35.3 Å². The first-order valence-corrected chi connectivity index (χ1v) is 20.0. The van der Waals surface area contributed by atoms with E-state index in [4.69, 9.17) is 0 Å². The number of nitrogens with one attached hydrogen (secondary N) is 2.